The molecule has 0 amide bonds. The zero-order valence-corrected chi connectivity index (χ0v) is 11.1. The second kappa shape index (κ2) is 5.70. The van der Waals surface area contributed by atoms with E-state index in [0.29, 0.717) is 30.1 Å². The lowest BCUT2D eigenvalue weighted by atomic mass is 9.78. The molecule has 100 valence electrons. The van der Waals surface area contributed by atoms with Gasteiger partial charge < -0.3 is 4.74 Å². The van der Waals surface area contributed by atoms with Crippen LogP contribution in [0.3, 0.4) is 0 Å². The number of Topliss-reactive ketones (excluding diaryl/α,β-unsaturated/α-hetero) is 1. The molecule has 1 fully saturated rings. The topological polar surface area (TPSA) is 26.3 Å². The number of allylic oxidation sites excluding steroid dienone is 2. The molecule has 3 atom stereocenters. The molecule has 19 heavy (non-hydrogen) atoms. The highest BCUT2D eigenvalue weighted by Crippen LogP contribution is 2.40. The number of rotatable bonds is 4. The van der Waals surface area contributed by atoms with E-state index in [2.05, 4.69) is 24.3 Å². The molecule has 0 aromatic heterocycles. The third-order valence-electron chi connectivity index (χ3n) is 4.35. The van der Waals surface area contributed by atoms with Crippen molar-refractivity contribution in [1.29, 1.82) is 0 Å². The van der Waals surface area contributed by atoms with E-state index in [0.717, 1.165) is 25.9 Å². The second-order valence-corrected chi connectivity index (χ2v) is 5.70. The van der Waals surface area contributed by atoms with E-state index in [1.165, 1.54) is 5.56 Å². The van der Waals surface area contributed by atoms with Crippen molar-refractivity contribution in [1.82, 2.24) is 0 Å². The summed E-state index contributed by atoms with van der Waals surface area (Å²) in [6, 6.07) is 10.3. The predicted molar refractivity (Wildman–Crippen MR) is 74.6 cm³/mol. The smallest absolute Gasteiger partial charge is 0.133 e. The SMILES string of the molecule is O=C1C[C@H]2[C@@H](COCc3ccccc3)CC=C[C@H]2C1. The first-order valence-electron chi connectivity index (χ1n) is 7.13. The van der Waals surface area contributed by atoms with Gasteiger partial charge in [0.05, 0.1) is 13.2 Å². The summed E-state index contributed by atoms with van der Waals surface area (Å²) in [5.74, 6) is 1.94. The summed E-state index contributed by atoms with van der Waals surface area (Å²) in [4.78, 5) is 11.6. The molecule has 2 heteroatoms. The fourth-order valence-electron chi connectivity index (χ4n) is 3.34. The van der Waals surface area contributed by atoms with Crippen LogP contribution in [0.2, 0.25) is 0 Å². The summed E-state index contributed by atoms with van der Waals surface area (Å²) >= 11 is 0. The van der Waals surface area contributed by atoms with Crippen LogP contribution in [0.25, 0.3) is 0 Å². The van der Waals surface area contributed by atoms with Crippen LogP contribution in [-0.2, 0) is 16.1 Å². The Labute approximate surface area is 114 Å². The molecule has 0 unspecified atom stereocenters. The highest BCUT2D eigenvalue weighted by molar-refractivity contribution is 5.81. The van der Waals surface area contributed by atoms with Gasteiger partial charge in [0.2, 0.25) is 0 Å². The molecule has 0 spiro atoms. The van der Waals surface area contributed by atoms with Crippen LogP contribution in [0.15, 0.2) is 42.5 Å². The highest BCUT2D eigenvalue weighted by atomic mass is 16.5. The number of hydrogen-bond acceptors (Lipinski definition) is 2. The Morgan fingerprint density at radius 3 is 2.84 bits per heavy atom. The number of fused-ring (bicyclic) bond motifs is 1. The summed E-state index contributed by atoms with van der Waals surface area (Å²) in [6.45, 7) is 1.44. The molecule has 0 aliphatic heterocycles. The van der Waals surface area contributed by atoms with E-state index in [1.807, 2.05) is 18.2 Å². The van der Waals surface area contributed by atoms with Gasteiger partial charge in [-0.25, -0.2) is 0 Å². The summed E-state index contributed by atoms with van der Waals surface area (Å²) in [7, 11) is 0. The molecule has 0 saturated heterocycles. The number of hydrogen-bond donors (Lipinski definition) is 0. The van der Waals surface area contributed by atoms with E-state index >= 15 is 0 Å². The van der Waals surface area contributed by atoms with Crippen LogP contribution in [0.4, 0.5) is 0 Å². The van der Waals surface area contributed by atoms with Crippen molar-refractivity contribution >= 4 is 5.78 Å². The third-order valence-corrected chi connectivity index (χ3v) is 4.35. The lowest BCUT2D eigenvalue weighted by molar-refractivity contribution is -0.117. The van der Waals surface area contributed by atoms with Gasteiger partial charge in [0.1, 0.15) is 5.78 Å². The number of benzene rings is 1. The standard InChI is InChI=1S/C17H20O2/c18-16-9-14-7-4-8-15(17(14)10-16)12-19-11-13-5-2-1-3-6-13/h1-7,14-15,17H,8-12H2/t14-,15+,17+/m0/s1. The average Bonchev–Trinajstić information content (AvgIpc) is 2.81. The molecular weight excluding hydrogens is 236 g/mol. The fourth-order valence-corrected chi connectivity index (χ4v) is 3.34. The maximum absolute atomic E-state index is 11.6. The summed E-state index contributed by atoms with van der Waals surface area (Å²) in [5.41, 5.74) is 1.22. The maximum atomic E-state index is 11.6. The van der Waals surface area contributed by atoms with Gasteiger partial charge in [-0.2, -0.15) is 0 Å². The van der Waals surface area contributed by atoms with Gasteiger partial charge in [-0.3, -0.25) is 4.79 Å². The molecule has 1 aromatic carbocycles. The van der Waals surface area contributed by atoms with Crippen molar-refractivity contribution in [2.45, 2.75) is 25.9 Å². The van der Waals surface area contributed by atoms with Crippen molar-refractivity contribution in [3.63, 3.8) is 0 Å². The Kier molecular flexibility index (Phi) is 3.79. The number of ketones is 1. The third kappa shape index (κ3) is 2.95. The van der Waals surface area contributed by atoms with Gasteiger partial charge in [0.15, 0.2) is 0 Å². The Morgan fingerprint density at radius 1 is 1.16 bits per heavy atom. The lowest BCUT2D eigenvalue weighted by Gasteiger charge is -2.29. The van der Waals surface area contributed by atoms with Gasteiger partial charge in [0.25, 0.3) is 0 Å². The van der Waals surface area contributed by atoms with Gasteiger partial charge in [0, 0.05) is 12.8 Å². The van der Waals surface area contributed by atoms with Crippen LogP contribution < -0.4 is 0 Å². The first-order chi connectivity index (χ1) is 9.33. The highest BCUT2D eigenvalue weighted by Gasteiger charge is 2.38. The molecular formula is C17H20O2. The summed E-state index contributed by atoms with van der Waals surface area (Å²) < 4.78 is 5.86. The van der Waals surface area contributed by atoms with Gasteiger partial charge in [-0.15, -0.1) is 0 Å². The monoisotopic (exact) mass is 256 g/mol. The molecule has 0 radical (unpaired) electrons. The normalized spacial score (nSPS) is 29.5. The maximum Gasteiger partial charge on any atom is 0.133 e. The molecule has 2 aliphatic rings. The van der Waals surface area contributed by atoms with Crippen LogP contribution in [0.5, 0.6) is 0 Å². The van der Waals surface area contributed by atoms with Crippen molar-refractivity contribution in [3.8, 4) is 0 Å². The van der Waals surface area contributed by atoms with E-state index < -0.39 is 0 Å². The lowest BCUT2D eigenvalue weighted by Crippen LogP contribution is -2.25. The predicted octanol–water partition coefficient (Wildman–Crippen LogP) is 3.37. The van der Waals surface area contributed by atoms with Crippen LogP contribution in [0, 0.1) is 17.8 Å². The quantitative estimate of drug-likeness (QED) is 0.772. The van der Waals surface area contributed by atoms with Gasteiger partial charge >= 0.3 is 0 Å². The zero-order chi connectivity index (χ0) is 13.1. The Balaban J connectivity index is 1.53. The molecule has 0 heterocycles. The molecule has 1 saturated carbocycles. The second-order valence-electron chi connectivity index (χ2n) is 5.70. The fraction of sp³-hybridized carbons (Fsp3) is 0.471. The van der Waals surface area contributed by atoms with E-state index in [1.54, 1.807) is 0 Å². The minimum atomic E-state index is 0.426. The molecule has 0 bridgehead atoms. The van der Waals surface area contributed by atoms with Crippen molar-refractivity contribution in [2.75, 3.05) is 6.61 Å². The first kappa shape index (κ1) is 12.6. The van der Waals surface area contributed by atoms with Crippen LogP contribution >= 0.6 is 0 Å². The number of carbonyl (C=O) groups excluding carboxylic acids is 1. The molecule has 2 nitrogen and oxygen atoms in total. The molecule has 2 aliphatic carbocycles. The van der Waals surface area contributed by atoms with Crippen LogP contribution in [-0.4, -0.2) is 12.4 Å². The van der Waals surface area contributed by atoms with Crippen molar-refractivity contribution in [3.05, 3.63) is 48.0 Å². The number of ether oxygens (including phenoxy) is 1. The van der Waals surface area contributed by atoms with Crippen molar-refractivity contribution < 1.29 is 9.53 Å². The minimum Gasteiger partial charge on any atom is -0.376 e. The van der Waals surface area contributed by atoms with Crippen LogP contribution in [0.1, 0.15) is 24.8 Å². The largest absolute Gasteiger partial charge is 0.376 e. The van der Waals surface area contributed by atoms with Gasteiger partial charge in [-0.1, -0.05) is 42.5 Å². The van der Waals surface area contributed by atoms with Gasteiger partial charge in [-0.05, 0) is 29.7 Å². The molecule has 1 aromatic rings. The number of carbonyl (C=O) groups is 1. The van der Waals surface area contributed by atoms with Crippen molar-refractivity contribution in [2.24, 2.45) is 17.8 Å². The molecule has 3 rings (SSSR count). The molecule has 0 N–H and O–H groups in total. The van der Waals surface area contributed by atoms with E-state index in [-0.39, 0.29) is 0 Å². The Bertz CT molecular complexity index is 463. The minimum absolute atomic E-state index is 0.426. The Hall–Kier alpha value is -1.41. The summed E-state index contributed by atoms with van der Waals surface area (Å²) in [6.07, 6.45) is 7.04. The first-order valence-corrected chi connectivity index (χ1v) is 7.13. The van der Waals surface area contributed by atoms with E-state index in [4.69, 9.17) is 4.74 Å². The zero-order valence-electron chi connectivity index (χ0n) is 11.1. The average molecular weight is 256 g/mol. The van der Waals surface area contributed by atoms with E-state index in [9.17, 15) is 4.79 Å². The summed E-state index contributed by atoms with van der Waals surface area (Å²) in [5, 5.41) is 0. The Morgan fingerprint density at radius 2 is 2.00 bits per heavy atom.